The SMILES string of the molecule is CNCCN(C)C(=O)C1CCCCC1N. The molecule has 1 aliphatic rings. The normalized spacial score (nSPS) is 26.3. The van der Waals surface area contributed by atoms with Gasteiger partial charge in [0, 0.05) is 26.2 Å². The number of rotatable bonds is 4. The summed E-state index contributed by atoms with van der Waals surface area (Å²) in [7, 11) is 3.76. The Morgan fingerprint density at radius 1 is 1.47 bits per heavy atom. The first-order chi connectivity index (χ1) is 7.16. The molecule has 1 fully saturated rings. The molecule has 0 spiro atoms. The summed E-state index contributed by atoms with van der Waals surface area (Å²) in [6, 6.07) is 0.0725. The molecule has 0 heterocycles. The number of amides is 1. The van der Waals surface area contributed by atoms with Crippen LogP contribution in [-0.4, -0.2) is 44.0 Å². The minimum absolute atomic E-state index is 0.0561. The van der Waals surface area contributed by atoms with Crippen molar-refractivity contribution in [2.45, 2.75) is 31.7 Å². The van der Waals surface area contributed by atoms with Crippen LogP contribution in [0.1, 0.15) is 25.7 Å². The molecule has 15 heavy (non-hydrogen) atoms. The average Bonchev–Trinajstić information content (AvgIpc) is 2.25. The number of nitrogens with two attached hydrogens (primary N) is 1. The summed E-state index contributed by atoms with van der Waals surface area (Å²) in [5.74, 6) is 0.276. The van der Waals surface area contributed by atoms with E-state index < -0.39 is 0 Å². The van der Waals surface area contributed by atoms with Gasteiger partial charge in [-0.25, -0.2) is 0 Å². The Morgan fingerprint density at radius 3 is 2.73 bits per heavy atom. The van der Waals surface area contributed by atoms with Crippen LogP contribution in [0.3, 0.4) is 0 Å². The monoisotopic (exact) mass is 213 g/mol. The van der Waals surface area contributed by atoms with Crippen molar-refractivity contribution in [2.24, 2.45) is 11.7 Å². The standard InChI is InChI=1S/C11H23N3O/c1-13-7-8-14(2)11(15)9-5-3-4-6-10(9)12/h9-10,13H,3-8,12H2,1-2H3. The van der Waals surface area contributed by atoms with Crippen LogP contribution in [0.2, 0.25) is 0 Å². The lowest BCUT2D eigenvalue weighted by Crippen LogP contribution is -2.45. The lowest BCUT2D eigenvalue weighted by Gasteiger charge is -2.31. The first-order valence-electron chi connectivity index (χ1n) is 5.82. The average molecular weight is 213 g/mol. The molecular weight excluding hydrogens is 190 g/mol. The minimum Gasteiger partial charge on any atom is -0.344 e. The predicted octanol–water partition coefficient (Wildman–Crippen LogP) is 0.182. The molecule has 0 aliphatic heterocycles. The fourth-order valence-electron chi connectivity index (χ4n) is 2.14. The molecule has 1 saturated carbocycles. The van der Waals surface area contributed by atoms with Gasteiger partial charge in [-0.3, -0.25) is 4.79 Å². The van der Waals surface area contributed by atoms with Crippen LogP contribution in [0.15, 0.2) is 0 Å². The van der Waals surface area contributed by atoms with Gasteiger partial charge in [0.05, 0.1) is 5.92 Å². The third-order valence-electron chi connectivity index (χ3n) is 3.21. The second kappa shape index (κ2) is 6.08. The fourth-order valence-corrected chi connectivity index (χ4v) is 2.14. The molecule has 1 amide bonds. The minimum atomic E-state index is 0.0561. The lowest BCUT2D eigenvalue weighted by molar-refractivity contribution is -0.135. The molecule has 0 aromatic rings. The zero-order chi connectivity index (χ0) is 11.3. The summed E-state index contributed by atoms with van der Waals surface area (Å²) in [6.45, 7) is 1.60. The maximum Gasteiger partial charge on any atom is 0.227 e. The van der Waals surface area contributed by atoms with Gasteiger partial charge in [0.1, 0.15) is 0 Å². The van der Waals surface area contributed by atoms with E-state index in [4.69, 9.17) is 5.73 Å². The fraction of sp³-hybridized carbons (Fsp3) is 0.909. The molecule has 0 radical (unpaired) electrons. The van der Waals surface area contributed by atoms with Crippen molar-refractivity contribution in [1.29, 1.82) is 0 Å². The molecule has 2 atom stereocenters. The van der Waals surface area contributed by atoms with Crippen molar-refractivity contribution < 1.29 is 4.79 Å². The smallest absolute Gasteiger partial charge is 0.227 e. The third kappa shape index (κ3) is 3.47. The van der Waals surface area contributed by atoms with Gasteiger partial charge in [0.25, 0.3) is 0 Å². The van der Waals surface area contributed by atoms with E-state index in [0.717, 1.165) is 32.4 Å². The van der Waals surface area contributed by atoms with Crippen molar-refractivity contribution in [3.05, 3.63) is 0 Å². The highest BCUT2D eigenvalue weighted by molar-refractivity contribution is 5.79. The Bertz CT molecular complexity index is 208. The van der Waals surface area contributed by atoms with Gasteiger partial charge in [0.15, 0.2) is 0 Å². The van der Waals surface area contributed by atoms with E-state index in [2.05, 4.69) is 5.32 Å². The Kier molecular flexibility index (Phi) is 5.05. The molecule has 4 heteroatoms. The number of carbonyl (C=O) groups excluding carboxylic acids is 1. The van der Waals surface area contributed by atoms with Crippen molar-refractivity contribution in [1.82, 2.24) is 10.2 Å². The number of hydrogen-bond acceptors (Lipinski definition) is 3. The van der Waals surface area contributed by atoms with Crippen molar-refractivity contribution >= 4 is 5.91 Å². The van der Waals surface area contributed by atoms with E-state index in [1.807, 2.05) is 14.1 Å². The van der Waals surface area contributed by atoms with Crippen LogP contribution in [0.4, 0.5) is 0 Å². The summed E-state index contributed by atoms with van der Waals surface area (Å²) in [6.07, 6.45) is 4.27. The van der Waals surface area contributed by atoms with Gasteiger partial charge in [-0.1, -0.05) is 12.8 Å². The van der Waals surface area contributed by atoms with Crippen molar-refractivity contribution in [2.75, 3.05) is 27.2 Å². The van der Waals surface area contributed by atoms with Gasteiger partial charge in [0.2, 0.25) is 5.91 Å². The Morgan fingerprint density at radius 2 is 2.13 bits per heavy atom. The van der Waals surface area contributed by atoms with Crippen LogP contribution >= 0.6 is 0 Å². The van der Waals surface area contributed by atoms with Crippen LogP contribution in [0.5, 0.6) is 0 Å². The molecule has 2 unspecified atom stereocenters. The zero-order valence-corrected chi connectivity index (χ0v) is 9.83. The van der Waals surface area contributed by atoms with Gasteiger partial charge in [-0.2, -0.15) is 0 Å². The quantitative estimate of drug-likeness (QED) is 0.700. The van der Waals surface area contributed by atoms with Gasteiger partial charge >= 0.3 is 0 Å². The molecule has 1 aliphatic carbocycles. The van der Waals surface area contributed by atoms with E-state index in [-0.39, 0.29) is 17.9 Å². The number of hydrogen-bond donors (Lipinski definition) is 2. The summed E-state index contributed by atoms with van der Waals surface area (Å²) in [5, 5.41) is 3.04. The maximum atomic E-state index is 12.0. The number of nitrogens with one attached hydrogen (secondary N) is 1. The molecule has 3 N–H and O–H groups in total. The van der Waals surface area contributed by atoms with Crippen LogP contribution in [-0.2, 0) is 4.79 Å². The molecule has 0 aromatic heterocycles. The van der Waals surface area contributed by atoms with Crippen molar-refractivity contribution in [3.8, 4) is 0 Å². The van der Waals surface area contributed by atoms with E-state index in [0.29, 0.717) is 0 Å². The lowest BCUT2D eigenvalue weighted by atomic mass is 9.84. The maximum absolute atomic E-state index is 12.0. The number of likely N-dealkylation sites (N-methyl/N-ethyl adjacent to an activating group) is 2. The largest absolute Gasteiger partial charge is 0.344 e. The molecule has 0 saturated heterocycles. The molecule has 1 rings (SSSR count). The van der Waals surface area contributed by atoms with Gasteiger partial charge < -0.3 is 16.0 Å². The topological polar surface area (TPSA) is 58.4 Å². The third-order valence-corrected chi connectivity index (χ3v) is 3.21. The summed E-state index contributed by atoms with van der Waals surface area (Å²) in [5.41, 5.74) is 5.98. The first-order valence-corrected chi connectivity index (χ1v) is 5.82. The molecule has 0 aromatic carbocycles. The van der Waals surface area contributed by atoms with E-state index in [1.165, 1.54) is 6.42 Å². The first kappa shape index (κ1) is 12.5. The summed E-state index contributed by atoms with van der Waals surface area (Å²) < 4.78 is 0. The van der Waals surface area contributed by atoms with Crippen LogP contribution < -0.4 is 11.1 Å². The Hall–Kier alpha value is -0.610. The highest BCUT2D eigenvalue weighted by Gasteiger charge is 2.29. The highest BCUT2D eigenvalue weighted by atomic mass is 16.2. The Balaban J connectivity index is 2.43. The van der Waals surface area contributed by atoms with E-state index >= 15 is 0 Å². The summed E-state index contributed by atoms with van der Waals surface area (Å²) >= 11 is 0. The van der Waals surface area contributed by atoms with Crippen LogP contribution in [0, 0.1) is 5.92 Å². The van der Waals surface area contributed by atoms with Crippen molar-refractivity contribution in [3.63, 3.8) is 0 Å². The van der Waals surface area contributed by atoms with E-state index in [1.54, 1.807) is 4.90 Å². The van der Waals surface area contributed by atoms with Gasteiger partial charge in [-0.15, -0.1) is 0 Å². The highest BCUT2D eigenvalue weighted by Crippen LogP contribution is 2.24. The van der Waals surface area contributed by atoms with E-state index in [9.17, 15) is 4.79 Å². The Labute approximate surface area is 92.2 Å². The number of nitrogens with zero attached hydrogens (tertiary/aromatic N) is 1. The number of carbonyl (C=O) groups is 1. The summed E-state index contributed by atoms with van der Waals surface area (Å²) in [4.78, 5) is 13.8. The molecule has 88 valence electrons. The second-order valence-corrected chi connectivity index (χ2v) is 4.42. The van der Waals surface area contributed by atoms with Gasteiger partial charge in [-0.05, 0) is 19.9 Å². The second-order valence-electron chi connectivity index (χ2n) is 4.42. The molecule has 4 nitrogen and oxygen atoms in total. The molecule has 0 bridgehead atoms. The van der Waals surface area contributed by atoms with Crippen LogP contribution in [0.25, 0.3) is 0 Å². The molecular formula is C11H23N3O. The predicted molar refractivity (Wildman–Crippen MR) is 61.5 cm³/mol. The zero-order valence-electron chi connectivity index (χ0n) is 9.83.